The fraction of sp³-hybridized carbons (Fsp3) is 0.889. The van der Waals surface area contributed by atoms with Gasteiger partial charge in [0.2, 0.25) is 11.8 Å². The predicted octanol–water partition coefficient (Wildman–Crippen LogP) is 2.51. The van der Waals surface area contributed by atoms with Crippen molar-refractivity contribution in [3.8, 4) is 0 Å². The molecule has 0 unspecified atom stereocenters. The number of hydrogen-bond donors (Lipinski definition) is 2. The van der Waals surface area contributed by atoms with E-state index in [1.807, 2.05) is 10.6 Å². The highest BCUT2D eigenvalue weighted by atomic mass is 19.4. The zero-order valence-corrected chi connectivity index (χ0v) is 33.9. The maximum atomic E-state index is 13.1. The van der Waals surface area contributed by atoms with Gasteiger partial charge in [0.05, 0.1) is 79.3 Å². The van der Waals surface area contributed by atoms with Crippen LogP contribution >= 0.6 is 0 Å². The zero-order valence-electron chi connectivity index (χ0n) is 33.9. The molecular formula is C36H64F6N4O12. The van der Waals surface area contributed by atoms with Crippen LogP contribution in [0.15, 0.2) is 0 Å². The number of rotatable bonds is 39. The van der Waals surface area contributed by atoms with Crippen molar-refractivity contribution in [1.29, 1.82) is 0 Å². The maximum absolute atomic E-state index is 13.1. The maximum Gasteiger partial charge on any atom is 0.471 e. The molecule has 4 amide bonds. The Morgan fingerprint density at radius 3 is 0.983 bits per heavy atom. The molecule has 58 heavy (non-hydrogen) atoms. The molecule has 0 aliphatic rings. The second-order valence-corrected chi connectivity index (χ2v) is 12.6. The summed E-state index contributed by atoms with van der Waals surface area (Å²) in [5.41, 5.74) is 0. The number of nitrogens with zero attached hydrogens (tertiary/aromatic N) is 2. The van der Waals surface area contributed by atoms with Crippen LogP contribution in [0.3, 0.4) is 0 Å². The molecule has 0 aromatic carbocycles. The summed E-state index contributed by atoms with van der Waals surface area (Å²) in [5, 5.41) is 3.64. The van der Waals surface area contributed by atoms with E-state index in [1.54, 1.807) is 24.0 Å². The molecule has 0 aromatic rings. The van der Waals surface area contributed by atoms with E-state index in [-0.39, 0.29) is 90.5 Å². The van der Waals surface area contributed by atoms with Gasteiger partial charge in [0.15, 0.2) is 0 Å². The largest absolute Gasteiger partial charge is 0.471 e. The monoisotopic (exact) mass is 858 g/mol. The van der Waals surface area contributed by atoms with E-state index in [2.05, 4.69) is 0 Å². The van der Waals surface area contributed by atoms with Crippen molar-refractivity contribution in [2.45, 2.75) is 63.7 Å². The fourth-order valence-corrected chi connectivity index (χ4v) is 4.81. The highest BCUT2D eigenvalue weighted by Gasteiger charge is 2.38. The molecule has 0 heterocycles. The smallest absolute Gasteiger partial charge is 0.382 e. The van der Waals surface area contributed by atoms with Crippen LogP contribution in [-0.4, -0.2) is 192 Å². The topological polar surface area (TPSA) is 173 Å². The third kappa shape index (κ3) is 33.0. The Kier molecular flexibility index (Phi) is 34.3. The lowest BCUT2D eigenvalue weighted by Crippen LogP contribution is -2.38. The number of ether oxygens (including phenoxy) is 8. The summed E-state index contributed by atoms with van der Waals surface area (Å²) >= 11 is 0. The van der Waals surface area contributed by atoms with Crippen molar-refractivity contribution in [1.82, 2.24) is 20.4 Å². The van der Waals surface area contributed by atoms with Crippen LogP contribution < -0.4 is 10.6 Å². The Balaban J connectivity index is 5.04. The Morgan fingerprint density at radius 2 is 0.690 bits per heavy atom. The number of nitrogens with one attached hydrogen (secondary N) is 2. The summed E-state index contributed by atoms with van der Waals surface area (Å²) in [7, 11) is 3.13. The van der Waals surface area contributed by atoms with Crippen LogP contribution in [0.2, 0.25) is 0 Å². The number of carbonyl (C=O) groups excluding carboxylic acids is 4. The third-order valence-electron chi connectivity index (χ3n) is 7.91. The quantitative estimate of drug-likeness (QED) is 0.0685. The zero-order chi connectivity index (χ0) is 43.3. The third-order valence-corrected chi connectivity index (χ3v) is 7.91. The van der Waals surface area contributed by atoms with Crippen molar-refractivity contribution in [3.63, 3.8) is 0 Å². The summed E-state index contributed by atoms with van der Waals surface area (Å²) in [6, 6.07) is 0. The van der Waals surface area contributed by atoms with Crippen LogP contribution in [0.25, 0.3) is 0 Å². The number of alkyl halides is 6. The summed E-state index contributed by atoms with van der Waals surface area (Å²) < 4.78 is 117. The molecule has 0 radical (unpaired) electrons. The Bertz CT molecular complexity index is 984. The van der Waals surface area contributed by atoms with Crippen LogP contribution in [0.4, 0.5) is 26.3 Å². The van der Waals surface area contributed by atoms with Gasteiger partial charge in [0, 0.05) is 53.5 Å². The minimum absolute atomic E-state index is 0.153. The van der Waals surface area contributed by atoms with Crippen LogP contribution in [0, 0.1) is 0 Å². The molecule has 0 saturated heterocycles. The molecular weight excluding hydrogens is 794 g/mol. The summed E-state index contributed by atoms with van der Waals surface area (Å²) in [6.07, 6.45) is -6.63. The molecule has 0 bridgehead atoms. The fourth-order valence-electron chi connectivity index (χ4n) is 4.81. The molecule has 0 saturated carbocycles. The molecule has 0 aromatic heterocycles. The number of halogens is 6. The Morgan fingerprint density at radius 1 is 0.414 bits per heavy atom. The van der Waals surface area contributed by atoms with E-state index >= 15 is 0 Å². The van der Waals surface area contributed by atoms with Gasteiger partial charge in [-0.15, -0.1) is 0 Å². The van der Waals surface area contributed by atoms with E-state index in [1.165, 1.54) is 0 Å². The Hall–Kier alpha value is -2.86. The van der Waals surface area contributed by atoms with Crippen LogP contribution in [0.5, 0.6) is 0 Å². The van der Waals surface area contributed by atoms with E-state index in [4.69, 9.17) is 37.9 Å². The summed E-state index contributed by atoms with van der Waals surface area (Å²) in [5.74, 6) is -4.64. The average molecular weight is 859 g/mol. The summed E-state index contributed by atoms with van der Waals surface area (Å²) in [6.45, 7) is 4.37. The highest BCUT2D eigenvalue weighted by Crippen LogP contribution is 2.15. The van der Waals surface area contributed by atoms with Crippen molar-refractivity contribution >= 4 is 23.6 Å². The second-order valence-electron chi connectivity index (χ2n) is 12.6. The van der Waals surface area contributed by atoms with Crippen molar-refractivity contribution in [3.05, 3.63) is 0 Å². The molecule has 0 fully saturated rings. The van der Waals surface area contributed by atoms with Gasteiger partial charge in [0.25, 0.3) is 0 Å². The minimum atomic E-state index is -4.97. The second kappa shape index (κ2) is 36.0. The normalized spacial score (nSPS) is 11.8. The van der Waals surface area contributed by atoms with E-state index in [9.17, 15) is 45.5 Å². The summed E-state index contributed by atoms with van der Waals surface area (Å²) in [4.78, 5) is 51.4. The molecule has 22 heteroatoms. The van der Waals surface area contributed by atoms with Gasteiger partial charge in [-0.25, -0.2) is 0 Å². The lowest BCUT2D eigenvalue weighted by molar-refractivity contribution is -0.173. The molecule has 0 aliphatic carbocycles. The number of carbonyl (C=O) groups is 4. The van der Waals surface area contributed by atoms with E-state index < -0.39 is 24.2 Å². The van der Waals surface area contributed by atoms with Crippen molar-refractivity contribution < 1.29 is 83.4 Å². The molecule has 0 aliphatic heterocycles. The minimum Gasteiger partial charge on any atom is -0.382 e. The molecule has 342 valence electrons. The van der Waals surface area contributed by atoms with Crippen molar-refractivity contribution in [2.75, 3.05) is 146 Å². The first kappa shape index (κ1) is 55.1. The number of hydrogen-bond acceptors (Lipinski definition) is 12. The van der Waals surface area contributed by atoms with Gasteiger partial charge >= 0.3 is 24.2 Å². The lowest BCUT2D eigenvalue weighted by atomic mass is 10.2. The van der Waals surface area contributed by atoms with Crippen LogP contribution in [-0.2, 0) is 57.1 Å². The molecule has 2 N–H and O–H groups in total. The first-order chi connectivity index (χ1) is 27.7. The molecule has 0 rings (SSSR count). The lowest BCUT2D eigenvalue weighted by Gasteiger charge is -2.25. The molecule has 0 spiro atoms. The van der Waals surface area contributed by atoms with Crippen LogP contribution in [0.1, 0.15) is 51.4 Å². The van der Waals surface area contributed by atoms with Gasteiger partial charge in [-0.1, -0.05) is 0 Å². The average Bonchev–Trinajstić information content (AvgIpc) is 3.17. The van der Waals surface area contributed by atoms with Crippen molar-refractivity contribution in [2.24, 2.45) is 0 Å². The Labute approximate surface area is 337 Å². The first-order valence-corrected chi connectivity index (χ1v) is 19.4. The van der Waals surface area contributed by atoms with Gasteiger partial charge in [-0.2, -0.15) is 26.3 Å². The number of amides is 4. The SMILES string of the molecule is COCCOCCOCCOCC(=O)N(CCCCCNC(=O)C(F)(F)F)CCCCN(CCCCCNC(=O)C(F)(F)F)C(=O)COCCOCCOCCOC. The highest BCUT2D eigenvalue weighted by molar-refractivity contribution is 5.82. The van der Waals surface area contributed by atoms with Gasteiger partial charge in [-0.3, -0.25) is 19.2 Å². The first-order valence-electron chi connectivity index (χ1n) is 19.4. The van der Waals surface area contributed by atoms with E-state index in [0.717, 1.165) is 0 Å². The molecule has 0 atom stereocenters. The standard InChI is InChI=1S/C36H64F6N4O12/c1-51-17-19-53-21-23-55-25-27-57-29-31(47)45(13-7-3-5-11-43-33(49)35(37,38)39)15-9-10-16-46(14-8-4-6-12-44-34(50)36(40,41)42)32(48)30-58-28-26-56-24-22-54-20-18-52-2/h3-30H2,1-2H3,(H,43,49)(H,44,50). The number of unbranched alkanes of at least 4 members (excludes halogenated alkanes) is 5. The number of methoxy groups -OCH3 is 2. The van der Waals surface area contributed by atoms with Gasteiger partial charge in [-0.05, 0) is 51.4 Å². The van der Waals surface area contributed by atoms with Gasteiger partial charge in [0.1, 0.15) is 13.2 Å². The molecule has 16 nitrogen and oxygen atoms in total. The van der Waals surface area contributed by atoms with E-state index in [0.29, 0.717) is 104 Å². The predicted molar refractivity (Wildman–Crippen MR) is 197 cm³/mol. The van der Waals surface area contributed by atoms with Gasteiger partial charge < -0.3 is 58.3 Å².